The van der Waals surface area contributed by atoms with Crippen LogP contribution < -0.4 is 0 Å². The normalized spacial score (nSPS) is 11.7. The third-order valence-corrected chi connectivity index (χ3v) is 5.27. The number of aromatic nitrogens is 2. The van der Waals surface area contributed by atoms with E-state index in [1.807, 2.05) is 0 Å². The predicted octanol–water partition coefficient (Wildman–Crippen LogP) is 2.89. The molecule has 0 bridgehead atoms. The van der Waals surface area contributed by atoms with Crippen LogP contribution in [0.25, 0.3) is 0 Å². The molecule has 1 heterocycles. The second kappa shape index (κ2) is 5.56. The van der Waals surface area contributed by atoms with Gasteiger partial charge in [0, 0.05) is 28.4 Å². The zero-order chi connectivity index (χ0) is 13.2. The number of halogens is 1. The lowest BCUT2D eigenvalue weighted by molar-refractivity contribution is 0.602. The third kappa shape index (κ3) is 3.44. The number of thioether (sulfide) groups is 1. The fourth-order valence-electron chi connectivity index (χ4n) is 1.22. The van der Waals surface area contributed by atoms with E-state index in [4.69, 9.17) is 11.6 Å². The highest BCUT2D eigenvalue weighted by molar-refractivity contribution is 7.98. The smallest absolute Gasteiger partial charge is 0.175 e. The Morgan fingerprint density at radius 3 is 2.50 bits per heavy atom. The standard InChI is InChI=1S/C10H9ClN2O2S3/c1-18(14,15)8-4-2-7(3-5-8)16-6-9-10(11)17-13-12-9/h2-5H,6H2,1H3. The lowest BCUT2D eigenvalue weighted by Crippen LogP contribution is -1.96. The number of rotatable bonds is 4. The van der Waals surface area contributed by atoms with Crippen molar-refractivity contribution in [1.82, 2.24) is 9.59 Å². The summed E-state index contributed by atoms with van der Waals surface area (Å²) in [5.74, 6) is 0.619. The van der Waals surface area contributed by atoms with Gasteiger partial charge in [-0.15, -0.1) is 16.9 Å². The SMILES string of the molecule is CS(=O)(=O)c1ccc(SCc2nnsc2Cl)cc1. The summed E-state index contributed by atoms with van der Waals surface area (Å²) in [6.07, 6.45) is 1.19. The third-order valence-electron chi connectivity index (χ3n) is 2.14. The molecular formula is C10H9ClN2O2S3. The van der Waals surface area contributed by atoms with Crippen LogP contribution in [0, 0.1) is 0 Å². The Bertz CT molecular complexity index is 637. The van der Waals surface area contributed by atoms with Crippen molar-refractivity contribution in [3.63, 3.8) is 0 Å². The molecule has 4 nitrogen and oxygen atoms in total. The largest absolute Gasteiger partial charge is 0.224 e. The van der Waals surface area contributed by atoms with Crippen LogP contribution in [0.15, 0.2) is 34.1 Å². The topological polar surface area (TPSA) is 59.9 Å². The van der Waals surface area contributed by atoms with Crippen LogP contribution in [0.2, 0.25) is 4.34 Å². The van der Waals surface area contributed by atoms with Gasteiger partial charge < -0.3 is 0 Å². The van der Waals surface area contributed by atoms with E-state index >= 15 is 0 Å². The minimum atomic E-state index is -3.14. The maximum Gasteiger partial charge on any atom is 0.175 e. The number of hydrogen-bond donors (Lipinski definition) is 0. The molecule has 8 heteroatoms. The van der Waals surface area contributed by atoms with E-state index in [0.29, 0.717) is 15.0 Å². The van der Waals surface area contributed by atoms with Crippen molar-refractivity contribution in [2.75, 3.05) is 6.26 Å². The Morgan fingerprint density at radius 1 is 1.33 bits per heavy atom. The van der Waals surface area contributed by atoms with Crippen LogP contribution in [-0.4, -0.2) is 24.3 Å². The van der Waals surface area contributed by atoms with Crippen molar-refractivity contribution in [1.29, 1.82) is 0 Å². The summed E-state index contributed by atoms with van der Waals surface area (Å²) in [4.78, 5) is 1.28. The Hall–Kier alpha value is -0.630. The quantitative estimate of drug-likeness (QED) is 0.811. The predicted molar refractivity (Wildman–Crippen MR) is 74.0 cm³/mol. The Labute approximate surface area is 118 Å². The van der Waals surface area contributed by atoms with Gasteiger partial charge in [-0.3, -0.25) is 0 Å². The fourth-order valence-corrected chi connectivity index (χ4v) is 3.48. The van der Waals surface area contributed by atoms with Crippen LogP contribution in [0.4, 0.5) is 0 Å². The summed E-state index contributed by atoms with van der Waals surface area (Å²) in [6, 6.07) is 6.74. The first-order valence-electron chi connectivity index (χ1n) is 4.86. The minimum Gasteiger partial charge on any atom is -0.224 e. The number of nitrogens with zero attached hydrogens (tertiary/aromatic N) is 2. The average Bonchev–Trinajstić information content (AvgIpc) is 2.72. The van der Waals surface area contributed by atoms with Crippen molar-refractivity contribution >= 4 is 44.7 Å². The lowest BCUT2D eigenvalue weighted by atomic mass is 10.4. The number of hydrogen-bond acceptors (Lipinski definition) is 6. The molecule has 0 radical (unpaired) electrons. The van der Waals surface area contributed by atoms with Crippen molar-refractivity contribution in [3.05, 3.63) is 34.3 Å². The Balaban J connectivity index is 2.05. The van der Waals surface area contributed by atoms with Gasteiger partial charge in [0.1, 0.15) is 10.0 Å². The van der Waals surface area contributed by atoms with Crippen molar-refractivity contribution in [2.45, 2.75) is 15.5 Å². The Morgan fingerprint density at radius 2 is 2.00 bits per heavy atom. The molecule has 0 N–H and O–H groups in total. The summed E-state index contributed by atoms with van der Waals surface area (Å²) in [5, 5.41) is 3.91. The highest BCUT2D eigenvalue weighted by atomic mass is 35.5. The van der Waals surface area contributed by atoms with Crippen LogP contribution in [0.1, 0.15) is 5.69 Å². The van der Waals surface area contributed by atoms with Crippen LogP contribution in [0.5, 0.6) is 0 Å². The summed E-state index contributed by atoms with van der Waals surface area (Å²) in [7, 11) is -3.14. The molecule has 1 aromatic carbocycles. The fraction of sp³-hybridized carbons (Fsp3) is 0.200. The molecule has 0 fully saturated rings. The van der Waals surface area contributed by atoms with Crippen molar-refractivity contribution < 1.29 is 8.42 Å². The second-order valence-electron chi connectivity index (χ2n) is 3.53. The molecular weight excluding hydrogens is 312 g/mol. The first kappa shape index (κ1) is 13.8. The van der Waals surface area contributed by atoms with E-state index in [2.05, 4.69) is 9.59 Å². The molecule has 2 rings (SSSR count). The maximum atomic E-state index is 11.3. The highest BCUT2D eigenvalue weighted by Crippen LogP contribution is 2.27. The molecule has 1 aromatic heterocycles. The van der Waals surface area contributed by atoms with Gasteiger partial charge in [0.05, 0.1) is 4.90 Å². The molecule has 2 aromatic rings. The summed E-state index contributed by atoms with van der Waals surface area (Å²) < 4.78 is 26.9. The summed E-state index contributed by atoms with van der Waals surface area (Å²) in [6.45, 7) is 0. The van der Waals surface area contributed by atoms with E-state index in [9.17, 15) is 8.42 Å². The minimum absolute atomic E-state index is 0.320. The van der Waals surface area contributed by atoms with Gasteiger partial charge >= 0.3 is 0 Å². The molecule has 0 saturated carbocycles. The van der Waals surface area contributed by atoms with Gasteiger partial charge in [0.15, 0.2) is 9.84 Å². The molecule has 0 aliphatic carbocycles. The van der Waals surface area contributed by atoms with E-state index < -0.39 is 9.84 Å². The van der Waals surface area contributed by atoms with E-state index in [1.54, 1.807) is 24.3 Å². The molecule has 0 aliphatic rings. The van der Waals surface area contributed by atoms with Gasteiger partial charge in [-0.25, -0.2) is 8.42 Å². The van der Waals surface area contributed by atoms with Crippen LogP contribution in [0.3, 0.4) is 0 Å². The first-order chi connectivity index (χ1) is 8.47. The van der Waals surface area contributed by atoms with Gasteiger partial charge in [-0.05, 0) is 24.3 Å². The zero-order valence-corrected chi connectivity index (χ0v) is 12.5. The number of benzene rings is 1. The molecule has 18 heavy (non-hydrogen) atoms. The Kier molecular flexibility index (Phi) is 4.26. The van der Waals surface area contributed by atoms with Crippen molar-refractivity contribution in [3.8, 4) is 0 Å². The molecule has 0 atom stereocenters. The van der Waals surface area contributed by atoms with Gasteiger partial charge in [0.2, 0.25) is 0 Å². The second-order valence-corrected chi connectivity index (χ2v) is 7.95. The molecule has 0 spiro atoms. The van der Waals surface area contributed by atoms with E-state index in [1.165, 1.54) is 18.0 Å². The summed E-state index contributed by atoms with van der Waals surface area (Å²) in [5.41, 5.74) is 0.749. The number of sulfone groups is 1. The molecule has 0 amide bonds. The van der Waals surface area contributed by atoms with Gasteiger partial charge in [-0.2, -0.15) is 0 Å². The van der Waals surface area contributed by atoms with E-state index in [0.717, 1.165) is 22.1 Å². The first-order valence-corrected chi connectivity index (χ1v) is 8.89. The van der Waals surface area contributed by atoms with Crippen molar-refractivity contribution in [2.24, 2.45) is 0 Å². The average molecular weight is 321 g/mol. The summed E-state index contributed by atoms with van der Waals surface area (Å²) >= 11 is 8.59. The maximum absolute atomic E-state index is 11.3. The molecule has 0 aliphatic heterocycles. The molecule has 0 unspecified atom stereocenters. The van der Waals surface area contributed by atoms with Crippen LogP contribution >= 0.6 is 34.9 Å². The molecule has 96 valence electrons. The van der Waals surface area contributed by atoms with Gasteiger partial charge in [0.25, 0.3) is 0 Å². The zero-order valence-electron chi connectivity index (χ0n) is 9.33. The monoisotopic (exact) mass is 320 g/mol. The van der Waals surface area contributed by atoms with E-state index in [-0.39, 0.29) is 0 Å². The lowest BCUT2D eigenvalue weighted by Gasteiger charge is -2.01. The highest BCUT2D eigenvalue weighted by Gasteiger charge is 2.08. The van der Waals surface area contributed by atoms with Gasteiger partial charge in [-0.1, -0.05) is 16.1 Å². The molecule has 0 saturated heterocycles. The van der Waals surface area contributed by atoms with Crippen LogP contribution in [-0.2, 0) is 15.6 Å².